The lowest BCUT2D eigenvalue weighted by Gasteiger charge is -2.25. The van der Waals surface area contributed by atoms with Crippen molar-refractivity contribution in [1.82, 2.24) is 9.97 Å². The number of ether oxygens (including phenoxy) is 1. The molecule has 0 aromatic carbocycles. The SMILES string of the molecule is N#Cc1cnc(C(=O)Nc2ccc(F)c([C@]3(F)COCC(N)=N3)n2)c(Cl)c1. The van der Waals surface area contributed by atoms with Crippen LogP contribution < -0.4 is 11.1 Å². The van der Waals surface area contributed by atoms with Gasteiger partial charge >= 0.3 is 0 Å². The van der Waals surface area contributed by atoms with E-state index in [-0.39, 0.29) is 34.5 Å². The number of carbonyl (C=O) groups is 1. The van der Waals surface area contributed by atoms with E-state index in [4.69, 9.17) is 27.3 Å². The second-order valence-corrected chi connectivity index (χ2v) is 5.91. The molecule has 3 N–H and O–H groups in total. The molecule has 11 heteroatoms. The summed E-state index contributed by atoms with van der Waals surface area (Å²) in [4.78, 5) is 23.5. The number of nitrogens with zero attached hydrogens (tertiary/aromatic N) is 4. The normalized spacial score (nSPS) is 19.1. The number of nitrogens with one attached hydrogen (secondary N) is 1. The van der Waals surface area contributed by atoms with Crippen molar-refractivity contribution in [2.24, 2.45) is 10.7 Å². The average Bonchev–Trinajstić information content (AvgIpc) is 2.62. The van der Waals surface area contributed by atoms with E-state index < -0.39 is 29.8 Å². The van der Waals surface area contributed by atoms with E-state index in [9.17, 15) is 13.6 Å². The molecule has 0 bridgehead atoms. The summed E-state index contributed by atoms with van der Waals surface area (Å²) in [5.41, 5.74) is 4.77. The summed E-state index contributed by atoms with van der Waals surface area (Å²) < 4.78 is 34.0. The lowest BCUT2D eigenvalue weighted by atomic mass is 10.1. The number of amides is 1. The zero-order valence-corrected chi connectivity index (χ0v) is 14.3. The van der Waals surface area contributed by atoms with Crippen LogP contribution >= 0.6 is 11.6 Å². The minimum atomic E-state index is -2.61. The predicted molar refractivity (Wildman–Crippen MR) is 91.3 cm³/mol. The number of pyridine rings is 2. The van der Waals surface area contributed by atoms with Gasteiger partial charge in [0.2, 0.25) is 0 Å². The van der Waals surface area contributed by atoms with Gasteiger partial charge in [0.25, 0.3) is 11.7 Å². The molecule has 0 aliphatic carbocycles. The Kier molecular flexibility index (Phi) is 4.98. The highest BCUT2D eigenvalue weighted by molar-refractivity contribution is 6.34. The first kappa shape index (κ1) is 18.6. The van der Waals surface area contributed by atoms with Crippen LogP contribution in [-0.4, -0.2) is 34.9 Å². The Morgan fingerprint density at radius 1 is 1.48 bits per heavy atom. The van der Waals surface area contributed by atoms with E-state index in [1.165, 1.54) is 6.07 Å². The van der Waals surface area contributed by atoms with Crippen LogP contribution in [0.15, 0.2) is 29.4 Å². The zero-order valence-electron chi connectivity index (χ0n) is 13.5. The molecule has 0 saturated carbocycles. The van der Waals surface area contributed by atoms with Crippen molar-refractivity contribution in [3.63, 3.8) is 0 Å². The van der Waals surface area contributed by atoms with Crippen LogP contribution in [0.25, 0.3) is 0 Å². The molecule has 3 rings (SSSR count). The fourth-order valence-electron chi connectivity index (χ4n) is 2.33. The first-order chi connectivity index (χ1) is 12.8. The number of aromatic nitrogens is 2. The second-order valence-electron chi connectivity index (χ2n) is 5.50. The maximum absolute atomic E-state index is 14.9. The standard InChI is InChI=1S/C16H11ClF2N6O2/c17-9-3-8(4-20)5-22-13(9)15(26)24-12-2-1-10(18)14(23-12)16(19)7-27-6-11(21)25-16/h1-3,5H,6-7H2,(H2,21,25)(H,23,24,26)/t16-/m0/s1. The Morgan fingerprint density at radius 2 is 2.26 bits per heavy atom. The van der Waals surface area contributed by atoms with E-state index in [0.717, 1.165) is 18.3 Å². The molecule has 0 unspecified atom stereocenters. The van der Waals surface area contributed by atoms with Gasteiger partial charge in [0.15, 0.2) is 0 Å². The molecule has 2 aromatic heterocycles. The van der Waals surface area contributed by atoms with Crippen LogP contribution in [0.1, 0.15) is 21.7 Å². The maximum atomic E-state index is 14.9. The molecule has 0 spiro atoms. The summed E-state index contributed by atoms with van der Waals surface area (Å²) in [6, 6.07) is 5.15. The molecule has 0 radical (unpaired) electrons. The van der Waals surface area contributed by atoms with Crippen LogP contribution in [0.5, 0.6) is 0 Å². The van der Waals surface area contributed by atoms with E-state index in [2.05, 4.69) is 20.3 Å². The highest BCUT2D eigenvalue weighted by Crippen LogP contribution is 2.31. The third kappa shape index (κ3) is 3.84. The van der Waals surface area contributed by atoms with Gasteiger partial charge in [-0.25, -0.2) is 23.7 Å². The summed E-state index contributed by atoms with van der Waals surface area (Å²) in [7, 11) is 0. The zero-order chi connectivity index (χ0) is 19.6. The van der Waals surface area contributed by atoms with Crippen molar-refractivity contribution in [3.05, 3.63) is 52.2 Å². The summed E-state index contributed by atoms with van der Waals surface area (Å²) in [6.45, 7) is -0.648. The minimum absolute atomic E-state index is 0.0612. The van der Waals surface area contributed by atoms with Gasteiger partial charge in [-0.2, -0.15) is 5.26 Å². The predicted octanol–water partition coefficient (Wildman–Crippen LogP) is 1.90. The number of hydrogen-bond donors (Lipinski definition) is 2. The minimum Gasteiger partial charge on any atom is -0.385 e. The monoisotopic (exact) mass is 392 g/mol. The number of halogens is 3. The number of aliphatic imine (C=N–C) groups is 1. The number of amidine groups is 1. The van der Waals surface area contributed by atoms with Crippen molar-refractivity contribution < 1.29 is 18.3 Å². The van der Waals surface area contributed by atoms with Gasteiger partial charge in [-0.1, -0.05) is 11.6 Å². The van der Waals surface area contributed by atoms with Gasteiger partial charge in [0.1, 0.15) is 48.1 Å². The van der Waals surface area contributed by atoms with Crippen molar-refractivity contribution in [2.75, 3.05) is 18.5 Å². The highest BCUT2D eigenvalue weighted by Gasteiger charge is 2.39. The van der Waals surface area contributed by atoms with Crippen molar-refractivity contribution in [2.45, 2.75) is 5.79 Å². The Hall–Kier alpha value is -3.16. The summed E-state index contributed by atoms with van der Waals surface area (Å²) in [5.74, 6) is -4.67. The van der Waals surface area contributed by atoms with Gasteiger partial charge < -0.3 is 15.8 Å². The van der Waals surface area contributed by atoms with Gasteiger partial charge in [-0.3, -0.25) is 4.79 Å². The molecule has 8 nitrogen and oxygen atoms in total. The largest absolute Gasteiger partial charge is 0.385 e. The number of hydrogen-bond acceptors (Lipinski definition) is 7. The Morgan fingerprint density at radius 3 is 2.93 bits per heavy atom. The van der Waals surface area contributed by atoms with E-state index in [0.29, 0.717) is 0 Å². The number of alkyl halides is 1. The number of carbonyl (C=O) groups excluding carboxylic acids is 1. The fraction of sp³-hybridized carbons (Fsp3) is 0.188. The lowest BCUT2D eigenvalue weighted by Crippen LogP contribution is -2.38. The van der Waals surface area contributed by atoms with Crippen LogP contribution in [0.3, 0.4) is 0 Å². The van der Waals surface area contributed by atoms with E-state index in [1.807, 2.05) is 6.07 Å². The first-order valence-corrected chi connectivity index (χ1v) is 7.85. The quantitative estimate of drug-likeness (QED) is 0.768. The number of anilines is 1. The molecule has 138 valence electrons. The van der Waals surface area contributed by atoms with Crippen LogP contribution in [-0.2, 0) is 10.5 Å². The summed E-state index contributed by atoms with van der Waals surface area (Å²) in [5, 5.41) is 11.1. The van der Waals surface area contributed by atoms with Crippen molar-refractivity contribution >= 4 is 29.2 Å². The molecule has 1 amide bonds. The van der Waals surface area contributed by atoms with Gasteiger partial charge in [-0.15, -0.1) is 0 Å². The topological polar surface area (TPSA) is 126 Å². The molecule has 0 fully saturated rings. The molecule has 1 aliphatic rings. The molecule has 2 aromatic rings. The molecule has 27 heavy (non-hydrogen) atoms. The molecule has 1 atom stereocenters. The van der Waals surface area contributed by atoms with Gasteiger partial charge in [0.05, 0.1) is 10.6 Å². The molecule has 3 heterocycles. The summed E-state index contributed by atoms with van der Waals surface area (Å²) >= 11 is 5.92. The Bertz CT molecular complexity index is 993. The third-order valence-electron chi connectivity index (χ3n) is 3.50. The van der Waals surface area contributed by atoms with Gasteiger partial charge in [-0.05, 0) is 18.2 Å². The fourth-order valence-corrected chi connectivity index (χ4v) is 2.58. The molecular weight excluding hydrogens is 382 g/mol. The van der Waals surface area contributed by atoms with Crippen LogP contribution in [0, 0.1) is 17.1 Å². The average molecular weight is 393 g/mol. The number of nitriles is 1. The number of nitrogens with two attached hydrogens (primary N) is 1. The molecular formula is C16H11ClF2N6O2. The van der Waals surface area contributed by atoms with Crippen molar-refractivity contribution in [3.8, 4) is 6.07 Å². The van der Waals surface area contributed by atoms with E-state index in [1.54, 1.807) is 0 Å². The Balaban J connectivity index is 1.90. The molecule has 0 saturated heterocycles. The van der Waals surface area contributed by atoms with Crippen molar-refractivity contribution in [1.29, 1.82) is 5.26 Å². The Labute approximate surface area is 156 Å². The smallest absolute Gasteiger partial charge is 0.276 e. The van der Waals surface area contributed by atoms with Crippen LogP contribution in [0.4, 0.5) is 14.6 Å². The first-order valence-electron chi connectivity index (χ1n) is 7.47. The second kappa shape index (κ2) is 7.22. The number of rotatable bonds is 3. The van der Waals surface area contributed by atoms with E-state index >= 15 is 0 Å². The lowest BCUT2D eigenvalue weighted by molar-refractivity contribution is 0.0140. The maximum Gasteiger partial charge on any atom is 0.276 e. The summed E-state index contributed by atoms with van der Waals surface area (Å²) in [6.07, 6.45) is 1.16. The third-order valence-corrected chi connectivity index (χ3v) is 3.79. The molecule has 1 aliphatic heterocycles. The highest BCUT2D eigenvalue weighted by atomic mass is 35.5. The van der Waals surface area contributed by atoms with Crippen LogP contribution in [0.2, 0.25) is 5.02 Å². The van der Waals surface area contributed by atoms with Gasteiger partial charge in [0, 0.05) is 6.20 Å².